The van der Waals surface area contributed by atoms with Gasteiger partial charge in [-0.2, -0.15) is 0 Å². The molecule has 0 aromatic heterocycles. The molecule has 2 N–H and O–H groups in total. The molecule has 0 amide bonds. The molecule has 0 unspecified atom stereocenters. The van der Waals surface area contributed by atoms with Crippen LogP contribution in [0.5, 0.6) is 0 Å². The van der Waals surface area contributed by atoms with Crippen LogP contribution in [-0.2, 0) is 28.2 Å². The van der Waals surface area contributed by atoms with E-state index in [-0.39, 0.29) is 19.4 Å². The van der Waals surface area contributed by atoms with Crippen molar-refractivity contribution in [2.45, 2.75) is 180 Å². The van der Waals surface area contributed by atoms with Crippen LogP contribution in [0.4, 0.5) is 0 Å². The fraction of sp³-hybridized carbons (Fsp3) is 0.882. The Morgan fingerprint density at radius 2 is 0.977 bits per heavy atom. The number of carbonyl (C=O) groups is 2. The van der Waals surface area contributed by atoms with E-state index in [1.807, 2.05) is 0 Å². The third-order valence-electron chi connectivity index (χ3n) is 7.53. The van der Waals surface area contributed by atoms with Crippen LogP contribution >= 0.6 is 7.82 Å². The lowest BCUT2D eigenvalue weighted by atomic mass is 10.1. The summed E-state index contributed by atoms with van der Waals surface area (Å²) in [6, 6.07) is 0. The summed E-state index contributed by atoms with van der Waals surface area (Å²) >= 11 is 0. The Bertz CT molecular complexity index is 721. The Morgan fingerprint density at radius 3 is 1.44 bits per heavy atom. The lowest BCUT2D eigenvalue weighted by Gasteiger charge is -2.18. The topological polar surface area (TPSA) is 119 Å². The summed E-state index contributed by atoms with van der Waals surface area (Å²) in [4.78, 5) is 42.5. The molecule has 0 aromatic rings. The molecular weight excluding hydrogens is 567 g/mol. The Kier molecular flexibility index (Phi) is 29.9. The molecule has 0 aromatic carbocycles. The molecule has 0 aliphatic rings. The highest BCUT2D eigenvalue weighted by Gasteiger charge is 2.22. The second-order valence-corrected chi connectivity index (χ2v) is 13.1. The highest BCUT2D eigenvalue weighted by atomic mass is 31.2. The molecular formula is C34H65O8P. The molecule has 0 radical (unpaired) electrons. The molecule has 0 fully saturated rings. The molecule has 0 rings (SSSR count). The molecule has 1 atom stereocenters. The van der Waals surface area contributed by atoms with E-state index in [0.29, 0.717) is 6.42 Å². The number of hydrogen-bond donors (Lipinski definition) is 2. The van der Waals surface area contributed by atoms with Gasteiger partial charge in [-0.25, -0.2) is 4.57 Å². The van der Waals surface area contributed by atoms with Gasteiger partial charge in [-0.3, -0.25) is 14.1 Å². The SMILES string of the molecule is CCCCCC/C=C/CCCCCCCCCC(=O)O[C@H](COC(=O)CCCCCCCCCCCC)COP(=O)(O)O. The minimum Gasteiger partial charge on any atom is -0.462 e. The molecule has 0 bridgehead atoms. The van der Waals surface area contributed by atoms with E-state index in [0.717, 1.165) is 44.9 Å². The maximum Gasteiger partial charge on any atom is 0.469 e. The highest BCUT2D eigenvalue weighted by molar-refractivity contribution is 7.46. The summed E-state index contributed by atoms with van der Waals surface area (Å²) in [5.74, 6) is -0.887. The number of unbranched alkanes of at least 4 members (excludes halogenated alkanes) is 20. The van der Waals surface area contributed by atoms with Crippen molar-refractivity contribution in [3.63, 3.8) is 0 Å². The molecule has 0 spiro atoms. The van der Waals surface area contributed by atoms with E-state index >= 15 is 0 Å². The molecule has 0 saturated heterocycles. The average Bonchev–Trinajstić information content (AvgIpc) is 2.97. The Labute approximate surface area is 263 Å². The fourth-order valence-electron chi connectivity index (χ4n) is 4.90. The van der Waals surface area contributed by atoms with Crippen LogP contribution < -0.4 is 0 Å². The van der Waals surface area contributed by atoms with Crippen LogP contribution in [0.25, 0.3) is 0 Å². The molecule has 0 aliphatic heterocycles. The van der Waals surface area contributed by atoms with Crippen molar-refractivity contribution in [3.8, 4) is 0 Å². The summed E-state index contributed by atoms with van der Waals surface area (Å²) < 4.78 is 26.2. The largest absolute Gasteiger partial charge is 0.469 e. The monoisotopic (exact) mass is 632 g/mol. The van der Waals surface area contributed by atoms with Gasteiger partial charge in [0.2, 0.25) is 0 Å². The molecule has 0 aliphatic carbocycles. The van der Waals surface area contributed by atoms with Crippen LogP contribution in [0.15, 0.2) is 12.2 Å². The van der Waals surface area contributed by atoms with Gasteiger partial charge in [-0.15, -0.1) is 0 Å². The molecule has 9 heteroatoms. The number of rotatable bonds is 32. The maximum absolute atomic E-state index is 12.3. The van der Waals surface area contributed by atoms with Gasteiger partial charge in [-0.05, 0) is 38.5 Å². The van der Waals surface area contributed by atoms with Crippen LogP contribution in [0.3, 0.4) is 0 Å². The number of carbonyl (C=O) groups excluding carboxylic acids is 2. The first-order valence-electron chi connectivity index (χ1n) is 17.5. The molecule has 43 heavy (non-hydrogen) atoms. The lowest BCUT2D eigenvalue weighted by Crippen LogP contribution is -2.29. The number of ether oxygens (including phenoxy) is 2. The van der Waals surface area contributed by atoms with Gasteiger partial charge in [0.1, 0.15) is 6.61 Å². The number of phosphoric acid groups is 1. The van der Waals surface area contributed by atoms with Gasteiger partial charge in [0.25, 0.3) is 0 Å². The minimum absolute atomic E-state index is 0.210. The number of phosphoric ester groups is 1. The predicted octanol–water partition coefficient (Wildman–Crippen LogP) is 9.90. The standard InChI is InChI=1S/C34H65O8P/c1-3-5-7-9-11-13-15-16-17-18-19-21-23-25-27-29-34(36)42-32(31-41-43(37,38)39)30-40-33(35)28-26-24-22-20-14-12-10-8-6-4-2/h13,15,32H,3-12,14,16-31H2,1-2H3,(H2,37,38,39)/b15-13+/t32-/m1/s1. The zero-order chi connectivity index (χ0) is 31.9. The molecule has 0 heterocycles. The summed E-state index contributed by atoms with van der Waals surface area (Å²) in [6.45, 7) is 3.64. The van der Waals surface area contributed by atoms with E-state index in [1.54, 1.807) is 0 Å². The molecule has 0 saturated carbocycles. The first kappa shape index (κ1) is 41.8. The van der Waals surface area contributed by atoms with Gasteiger partial charge < -0.3 is 19.3 Å². The Hall–Kier alpha value is -1.21. The summed E-state index contributed by atoms with van der Waals surface area (Å²) in [7, 11) is -4.74. The maximum atomic E-state index is 12.3. The van der Waals surface area contributed by atoms with E-state index in [1.165, 1.54) is 96.3 Å². The third-order valence-corrected chi connectivity index (χ3v) is 8.02. The first-order chi connectivity index (χ1) is 20.8. The number of allylic oxidation sites excluding steroid dienone is 2. The van der Waals surface area contributed by atoms with Crippen LogP contribution in [0.1, 0.15) is 174 Å². The summed E-state index contributed by atoms with van der Waals surface area (Å²) in [5.41, 5.74) is 0. The van der Waals surface area contributed by atoms with Crippen molar-refractivity contribution in [1.29, 1.82) is 0 Å². The van der Waals surface area contributed by atoms with Crippen molar-refractivity contribution in [3.05, 3.63) is 12.2 Å². The minimum atomic E-state index is -4.74. The normalized spacial score (nSPS) is 12.6. The zero-order valence-corrected chi connectivity index (χ0v) is 28.5. The van der Waals surface area contributed by atoms with Crippen molar-refractivity contribution in [1.82, 2.24) is 0 Å². The predicted molar refractivity (Wildman–Crippen MR) is 175 cm³/mol. The van der Waals surface area contributed by atoms with Gasteiger partial charge in [0.05, 0.1) is 6.61 Å². The van der Waals surface area contributed by atoms with Crippen molar-refractivity contribution < 1.29 is 37.9 Å². The second-order valence-electron chi connectivity index (χ2n) is 11.8. The van der Waals surface area contributed by atoms with E-state index in [4.69, 9.17) is 19.3 Å². The van der Waals surface area contributed by atoms with Gasteiger partial charge in [-0.1, -0.05) is 135 Å². The van der Waals surface area contributed by atoms with Gasteiger partial charge in [0.15, 0.2) is 6.10 Å². The molecule has 254 valence electrons. The Morgan fingerprint density at radius 1 is 0.581 bits per heavy atom. The van der Waals surface area contributed by atoms with E-state index in [2.05, 4.69) is 30.5 Å². The zero-order valence-electron chi connectivity index (χ0n) is 27.6. The summed E-state index contributed by atoms with van der Waals surface area (Å²) in [6.07, 6.45) is 30.8. The first-order valence-corrected chi connectivity index (χ1v) is 19.0. The fourth-order valence-corrected chi connectivity index (χ4v) is 5.26. The highest BCUT2D eigenvalue weighted by Crippen LogP contribution is 2.36. The number of hydrogen-bond acceptors (Lipinski definition) is 6. The average molecular weight is 633 g/mol. The van der Waals surface area contributed by atoms with Gasteiger partial charge in [0, 0.05) is 12.8 Å². The summed E-state index contributed by atoms with van der Waals surface area (Å²) in [5, 5.41) is 0. The number of esters is 2. The molecule has 8 nitrogen and oxygen atoms in total. The second kappa shape index (κ2) is 30.8. The smallest absolute Gasteiger partial charge is 0.462 e. The van der Waals surface area contributed by atoms with Crippen LogP contribution in [0, 0.1) is 0 Å². The van der Waals surface area contributed by atoms with Crippen LogP contribution in [-0.4, -0.2) is 41.0 Å². The van der Waals surface area contributed by atoms with Crippen molar-refractivity contribution >= 4 is 19.8 Å². The van der Waals surface area contributed by atoms with Gasteiger partial charge >= 0.3 is 19.8 Å². The third kappa shape index (κ3) is 33.5. The van der Waals surface area contributed by atoms with Crippen molar-refractivity contribution in [2.75, 3.05) is 13.2 Å². The lowest BCUT2D eigenvalue weighted by molar-refractivity contribution is -0.161. The van der Waals surface area contributed by atoms with E-state index in [9.17, 15) is 14.2 Å². The quantitative estimate of drug-likeness (QED) is 0.0325. The van der Waals surface area contributed by atoms with E-state index < -0.39 is 32.5 Å². The van der Waals surface area contributed by atoms with Crippen molar-refractivity contribution in [2.24, 2.45) is 0 Å². The Balaban J connectivity index is 3.98. The van der Waals surface area contributed by atoms with Crippen LogP contribution in [0.2, 0.25) is 0 Å².